The van der Waals surface area contributed by atoms with Crippen LogP contribution in [0.3, 0.4) is 0 Å². The highest BCUT2D eigenvalue weighted by molar-refractivity contribution is 7.71. The van der Waals surface area contributed by atoms with Crippen LogP contribution in [0.1, 0.15) is 22.4 Å². The van der Waals surface area contributed by atoms with E-state index in [-0.39, 0.29) is 0 Å². The van der Waals surface area contributed by atoms with Gasteiger partial charge in [-0.15, -0.1) is 0 Å². The number of hydrogen-bond acceptors (Lipinski definition) is 3. The van der Waals surface area contributed by atoms with E-state index >= 15 is 0 Å². The Kier molecular flexibility index (Phi) is 3.44. The van der Waals surface area contributed by atoms with Gasteiger partial charge in [0.15, 0.2) is 4.77 Å². The van der Waals surface area contributed by atoms with Crippen LogP contribution in [-0.4, -0.2) is 21.4 Å². The fraction of sp³-hybridized carbons (Fsp3) is 0.333. The summed E-state index contributed by atoms with van der Waals surface area (Å²) >= 11 is 5.10. The zero-order valence-electron chi connectivity index (χ0n) is 11.0. The maximum Gasteiger partial charge on any atom is 0.196 e. The molecule has 1 N–H and O–H groups in total. The molecule has 0 atom stereocenters. The van der Waals surface area contributed by atoms with Crippen molar-refractivity contribution in [2.75, 3.05) is 6.54 Å². The largest absolute Gasteiger partial charge is 0.333 e. The summed E-state index contributed by atoms with van der Waals surface area (Å²) in [5.74, 6) is 0. The molecule has 3 rings (SSSR count). The molecular weight excluding hydrogens is 254 g/mol. The van der Waals surface area contributed by atoms with Crippen molar-refractivity contribution in [1.82, 2.24) is 14.9 Å². The van der Waals surface area contributed by atoms with Gasteiger partial charge in [0.1, 0.15) is 0 Å². The number of benzene rings is 1. The van der Waals surface area contributed by atoms with E-state index in [1.54, 1.807) is 0 Å². The smallest absolute Gasteiger partial charge is 0.196 e. The Morgan fingerprint density at radius 3 is 3.05 bits per heavy atom. The number of nitrogens with one attached hydrogen (secondary N) is 1. The van der Waals surface area contributed by atoms with E-state index in [1.807, 2.05) is 6.20 Å². The second-order valence-corrected chi connectivity index (χ2v) is 5.47. The maximum absolute atomic E-state index is 5.10. The molecule has 2 heterocycles. The minimum absolute atomic E-state index is 0.580. The highest BCUT2D eigenvalue weighted by Crippen LogP contribution is 2.19. The van der Waals surface area contributed by atoms with Crippen LogP contribution >= 0.6 is 12.2 Å². The molecule has 19 heavy (non-hydrogen) atoms. The molecule has 0 unspecified atom stereocenters. The van der Waals surface area contributed by atoms with Gasteiger partial charge in [0.25, 0.3) is 0 Å². The van der Waals surface area contributed by atoms with Gasteiger partial charge in [0.05, 0.1) is 0 Å². The number of aryl methyl sites for hydroxylation is 1. The van der Waals surface area contributed by atoms with E-state index in [2.05, 4.69) is 46.1 Å². The second-order valence-electron chi connectivity index (χ2n) is 5.08. The van der Waals surface area contributed by atoms with Gasteiger partial charge >= 0.3 is 0 Å². The Labute approximate surface area is 118 Å². The van der Waals surface area contributed by atoms with Gasteiger partial charge in [0.2, 0.25) is 0 Å². The van der Waals surface area contributed by atoms with Crippen LogP contribution in [0.25, 0.3) is 0 Å². The van der Waals surface area contributed by atoms with Crippen molar-refractivity contribution < 1.29 is 0 Å². The lowest BCUT2D eigenvalue weighted by Gasteiger charge is -2.28. The van der Waals surface area contributed by atoms with Crippen molar-refractivity contribution in [2.24, 2.45) is 0 Å². The summed E-state index contributed by atoms with van der Waals surface area (Å²) in [5, 5.41) is 0. The Morgan fingerprint density at radius 2 is 2.21 bits per heavy atom. The van der Waals surface area contributed by atoms with Crippen molar-refractivity contribution in [3.8, 4) is 0 Å². The molecule has 0 radical (unpaired) electrons. The highest BCUT2D eigenvalue weighted by Gasteiger charge is 2.17. The summed E-state index contributed by atoms with van der Waals surface area (Å²) in [7, 11) is 0. The van der Waals surface area contributed by atoms with E-state index < -0.39 is 0 Å². The first-order valence-corrected chi connectivity index (χ1v) is 6.97. The minimum atomic E-state index is 0.580. The van der Waals surface area contributed by atoms with Crippen LogP contribution in [0, 0.1) is 11.7 Å². The van der Waals surface area contributed by atoms with Crippen LogP contribution in [-0.2, 0) is 19.5 Å². The van der Waals surface area contributed by atoms with E-state index in [0.29, 0.717) is 4.77 Å². The number of nitrogens with zero attached hydrogens (tertiary/aromatic N) is 2. The average Bonchev–Trinajstić information content (AvgIpc) is 2.41. The van der Waals surface area contributed by atoms with Gasteiger partial charge in [-0.05, 0) is 42.3 Å². The molecule has 0 saturated carbocycles. The first kappa shape index (κ1) is 12.5. The average molecular weight is 271 g/mol. The molecule has 98 valence electrons. The molecule has 4 heteroatoms. The highest BCUT2D eigenvalue weighted by atomic mass is 32.1. The summed E-state index contributed by atoms with van der Waals surface area (Å²) in [5.41, 5.74) is 5.28. The Bertz CT molecular complexity index is 648. The standard InChI is InChI=1S/C15H17N3S/c1-11-4-2-3-5-13(11)9-18-7-6-12-8-16-15(19)17-14(12)10-18/h2-5,8H,6-7,9-10H2,1H3,(H,16,17,19). The number of fused-ring (bicyclic) bond motifs is 1. The molecule has 1 aromatic carbocycles. The Morgan fingerprint density at radius 1 is 1.37 bits per heavy atom. The number of rotatable bonds is 2. The minimum Gasteiger partial charge on any atom is -0.333 e. The molecule has 1 aromatic heterocycles. The summed E-state index contributed by atoms with van der Waals surface area (Å²) < 4.78 is 0.580. The van der Waals surface area contributed by atoms with Gasteiger partial charge in [0, 0.05) is 31.5 Å². The third-order valence-corrected chi connectivity index (χ3v) is 3.92. The topological polar surface area (TPSA) is 31.9 Å². The van der Waals surface area contributed by atoms with Crippen molar-refractivity contribution in [2.45, 2.75) is 26.4 Å². The van der Waals surface area contributed by atoms with Crippen molar-refractivity contribution in [3.05, 3.63) is 57.6 Å². The zero-order chi connectivity index (χ0) is 13.2. The lowest BCUT2D eigenvalue weighted by atomic mass is 10.0. The van der Waals surface area contributed by atoms with Crippen LogP contribution in [0.4, 0.5) is 0 Å². The summed E-state index contributed by atoms with van der Waals surface area (Å²) in [6.45, 7) is 5.17. The monoisotopic (exact) mass is 271 g/mol. The van der Waals surface area contributed by atoms with Crippen LogP contribution < -0.4 is 0 Å². The van der Waals surface area contributed by atoms with E-state index in [9.17, 15) is 0 Å². The quantitative estimate of drug-likeness (QED) is 0.852. The van der Waals surface area contributed by atoms with E-state index in [1.165, 1.54) is 22.4 Å². The van der Waals surface area contributed by atoms with E-state index in [4.69, 9.17) is 12.2 Å². The lowest BCUT2D eigenvalue weighted by Crippen LogP contribution is -2.31. The van der Waals surface area contributed by atoms with Crippen molar-refractivity contribution in [1.29, 1.82) is 0 Å². The molecular formula is C15H17N3S. The van der Waals surface area contributed by atoms with E-state index in [0.717, 1.165) is 26.1 Å². The molecule has 1 aliphatic rings. The summed E-state index contributed by atoms with van der Waals surface area (Å²) in [6.07, 6.45) is 2.96. The van der Waals surface area contributed by atoms with Crippen LogP contribution in [0.2, 0.25) is 0 Å². The fourth-order valence-electron chi connectivity index (χ4n) is 2.56. The van der Waals surface area contributed by atoms with Gasteiger partial charge in [-0.2, -0.15) is 0 Å². The number of H-pyrrole nitrogens is 1. The Hall–Kier alpha value is -1.52. The molecule has 0 bridgehead atoms. The predicted octanol–water partition coefficient (Wildman–Crippen LogP) is 3.01. The normalized spacial score (nSPS) is 15.2. The van der Waals surface area contributed by atoms with Gasteiger partial charge < -0.3 is 4.98 Å². The molecule has 0 saturated heterocycles. The third kappa shape index (κ3) is 2.74. The fourth-order valence-corrected chi connectivity index (χ4v) is 2.73. The maximum atomic E-state index is 5.10. The van der Waals surface area contributed by atoms with Gasteiger partial charge in [-0.1, -0.05) is 24.3 Å². The second kappa shape index (κ2) is 5.23. The molecule has 0 spiro atoms. The Balaban J connectivity index is 1.79. The van der Waals surface area contributed by atoms with Crippen LogP contribution in [0.5, 0.6) is 0 Å². The molecule has 0 amide bonds. The zero-order valence-corrected chi connectivity index (χ0v) is 11.8. The number of hydrogen-bond donors (Lipinski definition) is 1. The number of aromatic nitrogens is 2. The predicted molar refractivity (Wildman–Crippen MR) is 78.4 cm³/mol. The first-order chi connectivity index (χ1) is 9.22. The van der Waals surface area contributed by atoms with Crippen LogP contribution in [0.15, 0.2) is 30.5 Å². The third-order valence-electron chi connectivity index (χ3n) is 3.72. The number of aromatic amines is 1. The molecule has 0 fully saturated rings. The SMILES string of the molecule is Cc1ccccc1CN1CCc2cnc(=S)[nH]c2C1. The molecule has 1 aliphatic heterocycles. The molecule has 0 aliphatic carbocycles. The van der Waals surface area contributed by atoms with Gasteiger partial charge in [-0.3, -0.25) is 4.90 Å². The van der Waals surface area contributed by atoms with Gasteiger partial charge in [-0.25, -0.2) is 4.98 Å². The van der Waals surface area contributed by atoms with Crippen molar-refractivity contribution in [3.63, 3.8) is 0 Å². The molecule has 3 nitrogen and oxygen atoms in total. The first-order valence-electron chi connectivity index (χ1n) is 6.56. The summed E-state index contributed by atoms with van der Waals surface area (Å²) in [4.78, 5) is 9.83. The van der Waals surface area contributed by atoms with Crippen molar-refractivity contribution >= 4 is 12.2 Å². The lowest BCUT2D eigenvalue weighted by molar-refractivity contribution is 0.240. The summed E-state index contributed by atoms with van der Waals surface area (Å²) in [6, 6.07) is 8.58. The molecule has 2 aromatic rings.